The molecule has 0 saturated carbocycles. The van der Waals surface area contributed by atoms with E-state index in [4.69, 9.17) is 16.6 Å². The van der Waals surface area contributed by atoms with Crippen molar-refractivity contribution in [2.45, 2.75) is 31.7 Å². The second-order valence-corrected chi connectivity index (χ2v) is 3.73. The highest BCUT2D eigenvalue weighted by atomic mass is 32.1. The molecule has 13 heavy (non-hydrogen) atoms. The molecule has 0 spiro atoms. The van der Waals surface area contributed by atoms with Gasteiger partial charge in [-0.25, -0.2) is 5.10 Å². The Morgan fingerprint density at radius 1 is 1.54 bits per heavy atom. The van der Waals surface area contributed by atoms with Gasteiger partial charge in [0.25, 0.3) is 4.84 Å². The maximum absolute atomic E-state index is 5.19. The lowest BCUT2D eigenvalue weighted by Gasteiger charge is -2.21. The van der Waals surface area contributed by atoms with Gasteiger partial charge < -0.3 is 9.73 Å². The molecule has 72 valence electrons. The molecule has 4 nitrogen and oxygen atoms in total. The zero-order valence-corrected chi connectivity index (χ0v) is 8.19. The molecule has 1 unspecified atom stereocenters. The van der Waals surface area contributed by atoms with Crippen molar-refractivity contribution < 1.29 is 4.42 Å². The molecular weight excluding hydrogens is 186 g/mol. The van der Waals surface area contributed by atoms with E-state index in [9.17, 15) is 0 Å². The van der Waals surface area contributed by atoms with Gasteiger partial charge in [0.15, 0.2) is 0 Å². The summed E-state index contributed by atoms with van der Waals surface area (Å²) in [6.07, 6.45) is 4.62. The van der Waals surface area contributed by atoms with Crippen molar-refractivity contribution in [3.8, 4) is 0 Å². The normalized spacial score (nSPS) is 23.2. The van der Waals surface area contributed by atoms with E-state index in [1.54, 1.807) is 0 Å². The van der Waals surface area contributed by atoms with Crippen LogP contribution in [0.5, 0.6) is 0 Å². The van der Waals surface area contributed by atoms with Crippen molar-refractivity contribution in [3.05, 3.63) is 10.7 Å². The second kappa shape index (κ2) is 4.02. The predicted molar refractivity (Wildman–Crippen MR) is 51.0 cm³/mol. The van der Waals surface area contributed by atoms with Crippen LogP contribution in [0.2, 0.25) is 0 Å². The summed E-state index contributed by atoms with van der Waals surface area (Å²) >= 11 is 4.80. The Labute approximate surface area is 81.7 Å². The Balaban J connectivity index is 1.93. The van der Waals surface area contributed by atoms with Crippen molar-refractivity contribution >= 4 is 12.2 Å². The molecule has 2 heterocycles. The minimum Gasteiger partial charge on any atom is -0.414 e. The fourth-order valence-electron chi connectivity index (χ4n) is 1.66. The van der Waals surface area contributed by atoms with Gasteiger partial charge in [-0.1, -0.05) is 6.42 Å². The van der Waals surface area contributed by atoms with Gasteiger partial charge in [0.05, 0.1) is 0 Å². The molecule has 1 aliphatic heterocycles. The molecule has 2 rings (SSSR count). The third-order valence-electron chi connectivity index (χ3n) is 2.32. The van der Waals surface area contributed by atoms with Crippen LogP contribution in [0.1, 0.15) is 25.2 Å². The van der Waals surface area contributed by atoms with E-state index in [-0.39, 0.29) is 0 Å². The van der Waals surface area contributed by atoms with Crippen LogP contribution in [0.25, 0.3) is 0 Å². The molecule has 0 aliphatic carbocycles. The number of H-pyrrole nitrogens is 1. The highest BCUT2D eigenvalue weighted by Gasteiger charge is 2.15. The first kappa shape index (κ1) is 8.90. The predicted octanol–water partition coefficient (Wildman–Crippen LogP) is 1.42. The number of nitrogens with zero attached hydrogens (tertiary/aromatic N) is 1. The average molecular weight is 199 g/mol. The summed E-state index contributed by atoms with van der Waals surface area (Å²) in [7, 11) is 0. The summed E-state index contributed by atoms with van der Waals surface area (Å²) < 4.78 is 5.19. The van der Waals surface area contributed by atoms with Crippen LogP contribution in [-0.2, 0) is 6.42 Å². The fraction of sp³-hybridized carbons (Fsp3) is 0.750. The summed E-state index contributed by atoms with van der Waals surface area (Å²) in [5.41, 5.74) is 0. The largest absolute Gasteiger partial charge is 0.414 e. The molecule has 0 amide bonds. The Morgan fingerprint density at radius 3 is 3.08 bits per heavy atom. The number of aromatic nitrogens is 2. The molecule has 0 radical (unpaired) electrons. The van der Waals surface area contributed by atoms with E-state index in [0.29, 0.717) is 16.8 Å². The van der Waals surface area contributed by atoms with Crippen molar-refractivity contribution in [1.82, 2.24) is 15.5 Å². The van der Waals surface area contributed by atoms with Crippen molar-refractivity contribution in [3.63, 3.8) is 0 Å². The van der Waals surface area contributed by atoms with Crippen molar-refractivity contribution in [2.75, 3.05) is 6.54 Å². The van der Waals surface area contributed by atoms with E-state index in [0.717, 1.165) is 13.0 Å². The topological polar surface area (TPSA) is 53.9 Å². The summed E-state index contributed by atoms with van der Waals surface area (Å²) in [6.45, 7) is 1.11. The summed E-state index contributed by atoms with van der Waals surface area (Å²) in [6, 6.07) is 0.509. The minimum absolute atomic E-state index is 0.366. The lowest BCUT2D eigenvalue weighted by atomic mass is 10.0. The molecule has 1 aromatic heterocycles. The van der Waals surface area contributed by atoms with Crippen LogP contribution in [0.3, 0.4) is 0 Å². The smallest absolute Gasteiger partial charge is 0.284 e. The number of hydrogen-bond acceptors (Lipinski definition) is 4. The zero-order chi connectivity index (χ0) is 9.10. The number of piperidine rings is 1. The van der Waals surface area contributed by atoms with Gasteiger partial charge in [0.1, 0.15) is 0 Å². The lowest BCUT2D eigenvalue weighted by molar-refractivity contribution is 0.365. The molecule has 1 saturated heterocycles. The highest BCUT2D eigenvalue weighted by Crippen LogP contribution is 2.11. The average Bonchev–Trinajstić information content (AvgIpc) is 2.53. The Bertz CT molecular complexity index is 313. The van der Waals surface area contributed by atoms with E-state index in [2.05, 4.69) is 15.5 Å². The first-order valence-corrected chi connectivity index (χ1v) is 5.03. The summed E-state index contributed by atoms with van der Waals surface area (Å²) in [5, 5.41) is 10.0. The van der Waals surface area contributed by atoms with Gasteiger partial charge in [-0.3, -0.25) is 0 Å². The molecule has 1 aromatic rings. The van der Waals surface area contributed by atoms with Crippen LogP contribution < -0.4 is 5.32 Å². The monoisotopic (exact) mass is 199 g/mol. The molecule has 5 heteroatoms. The standard InChI is InChI=1S/C8H13N3OS/c13-8-11-10-7(12-8)5-6-3-1-2-4-9-6/h6,9H,1-5H2,(H,11,13). The van der Waals surface area contributed by atoms with E-state index < -0.39 is 0 Å². The van der Waals surface area contributed by atoms with Crippen molar-refractivity contribution in [2.24, 2.45) is 0 Å². The summed E-state index contributed by atoms with van der Waals surface area (Å²) in [5.74, 6) is 0.712. The Hall–Kier alpha value is -0.680. The quantitative estimate of drug-likeness (QED) is 0.707. The summed E-state index contributed by atoms with van der Waals surface area (Å²) in [4.78, 5) is 0.366. The van der Waals surface area contributed by atoms with Gasteiger partial charge in [-0.05, 0) is 31.6 Å². The van der Waals surface area contributed by atoms with E-state index in [1.807, 2.05) is 0 Å². The number of nitrogens with one attached hydrogen (secondary N) is 2. The minimum atomic E-state index is 0.366. The fourth-order valence-corrected chi connectivity index (χ4v) is 1.80. The molecule has 0 bridgehead atoms. The van der Waals surface area contributed by atoms with E-state index >= 15 is 0 Å². The second-order valence-electron chi connectivity index (χ2n) is 3.36. The zero-order valence-electron chi connectivity index (χ0n) is 7.38. The number of aromatic amines is 1. The van der Waals surface area contributed by atoms with E-state index in [1.165, 1.54) is 19.3 Å². The molecule has 1 aliphatic rings. The van der Waals surface area contributed by atoms with Gasteiger partial charge in [-0.2, -0.15) is 0 Å². The molecule has 1 fully saturated rings. The van der Waals surface area contributed by atoms with Crippen LogP contribution in [-0.4, -0.2) is 22.8 Å². The van der Waals surface area contributed by atoms with Gasteiger partial charge >= 0.3 is 0 Å². The lowest BCUT2D eigenvalue weighted by Crippen LogP contribution is -2.35. The van der Waals surface area contributed by atoms with Gasteiger partial charge in [-0.15, -0.1) is 5.10 Å². The number of hydrogen-bond donors (Lipinski definition) is 2. The Morgan fingerprint density at radius 2 is 2.46 bits per heavy atom. The molecule has 0 aromatic carbocycles. The third kappa shape index (κ3) is 2.38. The molecular formula is C8H13N3OS. The van der Waals surface area contributed by atoms with Crippen LogP contribution >= 0.6 is 12.2 Å². The molecule has 2 N–H and O–H groups in total. The van der Waals surface area contributed by atoms with Crippen molar-refractivity contribution in [1.29, 1.82) is 0 Å². The van der Waals surface area contributed by atoms with Crippen LogP contribution in [0.4, 0.5) is 0 Å². The first-order chi connectivity index (χ1) is 6.34. The number of rotatable bonds is 2. The maximum Gasteiger partial charge on any atom is 0.284 e. The third-order valence-corrected chi connectivity index (χ3v) is 2.49. The van der Waals surface area contributed by atoms with Gasteiger partial charge in [0.2, 0.25) is 5.89 Å². The van der Waals surface area contributed by atoms with Crippen LogP contribution in [0, 0.1) is 4.84 Å². The highest BCUT2D eigenvalue weighted by molar-refractivity contribution is 7.71. The van der Waals surface area contributed by atoms with Gasteiger partial charge in [0, 0.05) is 12.5 Å². The maximum atomic E-state index is 5.19. The SMILES string of the molecule is S=c1[nH]nc(CC2CCCCN2)o1. The molecule has 1 atom stereocenters. The first-order valence-electron chi connectivity index (χ1n) is 4.62. The Kier molecular flexibility index (Phi) is 2.75. The van der Waals surface area contributed by atoms with Crippen LogP contribution in [0.15, 0.2) is 4.42 Å².